The average Bonchev–Trinajstić information content (AvgIpc) is 2.42. The minimum atomic E-state index is -0.364. The molecule has 0 saturated carbocycles. The highest BCUT2D eigenvalue weighted by Gasteiger charge is 2.21. The second kappa shape index (κ2) is 11.2. The number of likely N-dealkylation sites (N-methyl/N-ethyl adjacent to an activating group) is 1. The topological polar surface area (TPSA) is 48.3 Å². The molecule has 0 aliphatic rings. The Hall–Kier alpha value is -0.630. The van der Waals surface area contributed by atoms with Crippen LogP contribution in [0.4, 0.5) is 0 Å². The molecule has 0 aliphatic carbocycles. The van der Waals surface area contributed by atoms with Crippen molar-refractivity contribution >= 4 is 0 Å². The predicted molar refractivity (Wildman–Crippen MR) is 80.2 cm³/mol. The van der Waals surface area contributed by atoms with E-state index >= 15 is 0 Å². The highest BCUT2D eigenvalue weighted by atomic mass is 16.5. The molecule has 0 radical (unpaired) electrons. The van der Waals surface area contributed by atoms with Crippen molar-refractivity contribution in [1.82, 2.24) is 10.2 Å². The normalized spacial score (nSPS) is 14.3. The lowest BCUT2D eigenvalue weighted by Crippen LogP contribution is -2.40. The van der Waals surface area contributed by atoms with Gasteiger partial charge in [0.2, 0.25) is 0 Å². The number of hydrogen-bond donors (Lipinski definition) is 1. The number of rotatable bonds is 12. The summed E-state index contributed by atoms with van der Waals surface area (Å²) >= 11 is 0. The molecule has 0 saturated heterocycles. The van der Waals surface area contributed by atoms with Gasteiger partial charge in [-0.25, -0.2) is 0 Å². The Bertz CT molecular complexity index is 252. The highest BCUT2D eigenvalue weighted by Crippen LogP contribution is 2.13. The first-order valence-electron chi connectivity index (χ1n) is 7.58. The Kier molecular flexibility index (Phi) is 10.8. The molecular formula is C15H31N3O. The molecule has 0 aromatic carbocycles. The summed E-state index contributed by atoms with van der Waals surface area (Å²) in [6.07, 6.45) is 3.14. The van der Waals surface area contributed by atoms with Gasteiger partial charge in [-0.1, -0.05) is 13.8 Å². The van der Waals surface area contributed by atoms with E-state index in [4.69, 9.17) is 4.74 Å². The van der Waals surface area contributed by atoms with E-state index in [0.717, 1.165) is 58.7 Å². The molecule has 19 heavy (non-hydrogen) atoms. The lowest BCUT2D eigenvalue weighted by atomic mass is 9.96. The van der Waals surface area contributed by atoms with E-state index in [1.165, 1.54) is 0 Å². The quantitative estimate of drug-likeness (QED) is 0.553. The fraction of sp³-hybridized carbons (Fsp3) is 0.933. The van der Waals surface area contributed by atoms with Crippen LogP contribution in [0.1, 0.15) is 47.0 Å². The molecule has 0 aromatic heterocycles. The fourth-order valence-corrected chi connectivity index (χ4v) is 2.15. The van der Waals surface area contributed by atoms with Gasteiger partial charge in [-0.05, 0) is 52.7 Å². The summed E-state index contributed by atoms with van der Waals surface area (Å²) in [5.41, 5.74) is -0.364. The zero-order chi connectivity index (χ0) is 14.6. The van der Waals surface area contributed by atoms with Gasteiger partial charge >= 0.3 is 0 Å². The van der Waals surface area contributed by atoms with Crippen LogP contribution in [-0.4, -0.2) is 49.8 Å². The molecule has 0 spiro atoms. The van der Waals surface area contributed by atoms with Crippen LogP contribution >= 0.6 is 0 Å². The molecule has 0 aromatic rings. The van der Waals surface area contributed by atoms with Crippen LogP contribution < -0.4 is 5.32 Å². The number of ether oxygens (including phenoxy) is 1. The zero-order valence-corrected chi connectivity index (χ0v) is 13.2. The summed E-state index contributed by atoms with van der Waals surface area (Å²) in [6, 6.07) is 2.38. The van der Waals surface area contributed by atoms with E-state index in [0.29, 0.717) is 0 Å². The van der Waals surface area contributed by atoms with Gasteiger partial charge in [-0.15, -0.1) is 0 Å². The van der Waals surface area contributed by atoms with E-state index in [2.05, 4.69) is 23.2 Å². The molecule has 4 heteroatoms. The smallest absolute Gasteiger partial charge is 0.103 e. The van der Waals surface area contributed by atoms with Crippen LogP contribution in [0, 0.1) is 11.3 Å². The summed E-state index contributed by atoms with van der Waals surface area (Å²) in [5, 5.41) is 12.4. The summed E-state index contributed by atoms with van der Waals surface area (Å²) < 4.78 is 5.38. The van der Waals surface area contributed by atoms with Crippen molar-refractivity contribution in [3.63, 3.8) is 0 Å². The molecule has 1 atom stereocenters. The summed E-state index contributed by atoms with van der Waals surface area (Å²) in [7, 11) is 0. The van der Waals surface area contributed by atoms with Gasteiger partial charge in [0, 0.05) is 13.2 Å². The van der Waals surface area contributed by atoms with Crippen molar-refractivity contribution < 1.29 is 4.74 Å². The third kappa shape index (κ3) is 8.99. The maximum atomic E-state index is 9.17. The lowest BCUT2D eigenvalue weighted by Gasteiger charge is -2.24. The summed E-state index contributed by atoms with van der Waals surface area (Å²) in [5.74, 6) is 0. The molecule has 112 valence electrons. The van der Waals surface area contributed by atoms with E-state index in [1.54, 1.807) is 0 Å². The molecular weight excluding hydrogens is 238 g/mol. The van der Waals surface area contributed by atoms with E-state index in [9.17, 15) is 5.26 Å². The van der Waals surface area contributed by atoms with Crippen LogP contribution in [0.5, 0.6) is 0 Å². The maximum Gasteiger partial charge on any atom is 0.103 e. The molecule has 0 bridgehead atoms. The Morgan fingerprint density at radius 2 is 1.95 bits per heavy atom. The zero-order valence-electron chi connectivity index (χ0n) is 13.2. The Morgan fingerprint density at radius 3 is 2.47 bits per heavy atom. The molecule has 1 unspecified atom stereocenters. The van der Waals surface area contributed by atoms with Gasteiger partial charge in [0.1, 0.15) is 5.54 Å². The maximum absolute atomic E-state index is 9.17. The monoisotopic (exact) mass is 269 g/mol. The molecule has 0 aliphatic heterocycles. The molecule has 4 nitrogen and oxygen atoms in total. The van der Waals surface area contributed by atoms with Crippen molar-refractivity contribution in [3.8, 4) is 6.07 Å². The number of unbranched alkanes of at least 4 members (excludes halogenated alkanes) is 1. The van der Waals surface area contributed by atoms with Crippen LogP contribution in [0.25, 0.3) is 0 Å². The van der Waals surface area contributed by atoms with Gasteiger partial charge < -0.3 is 9.64 Å². The van der Waals surface area contributed by atoms with Gasteiger partial charge in [0.15, 0.2) is 0 Å². The van der Waals surface area contributed by atoms with Gasteiger partial charge in [0.05, 0.1) is 12.7 Å². The second-order valence-corrected chi connectivity index (χ2v) is 5.06. The average molecular weight is 269 g/mol. The molecule has 0 fully saturated rings. The van der Waals surface area contributed by atoms with E-state index < -0.39 is 0 Å². The fourth-order valence-electron chi connectivity index (χ4n) is 2.15. The van der Waals surface area contributed by atoms with Crippen molar-refractivity contribution in [2.75, 3.05) is 39.4 Å². The van der Waals surface area contributed by atoms with Gasteiger partial charge in [-0.3, -0.25) is 5.32 Å². The SMILES string of the molecule is CCNC(C)(C#N)CCCCN(CC)CCOCC. The van der Waals surface area contributed by atoms with Gasteiger partial charge in [0.25, 0.3) is 0 Å². The van der Waals surface area contributed by atoms with E-state index in [-0.39, 0.29) is 5.54 Å². The second-order valence-electron chi connectivity index (χ2n) is 5.06. The largest absolute Gasteiger partial charge is 0.380 e. The number of nitriles is 1. The third-order valence-electron chi connectivity index (χ3n) is 3.42. The summed E-state index contributed by atoms with van der Waals surface area (Å²) in [4.78, 5) is 2.41. The van der Waals surface area contributed by atoms with Crippen molar-refractivity contribution in [2.24, 2.45) is 0 Å². The van der Waals surface area contributed by atoms with Crippen molar-refractivity contribution in [1.29, 1.82) is 5.26 Å². The minimum Gasteiger partial charge on any atom is -0.380 e. The van der Waals surface area contributed by atoms with Crippen molar-refractivity contribution in [3.05, 3.63) is 0 Å². The standard InChI is InChI=1S/C15H31N3O/c1-5-17-15(4,14-16)10-8-9-11-18(6-2)12-13-19-7-3/h17H,5-13H2,1-4H3. The molecule has 0 rings (SSSR count). The molecule has 0 amide bonds. The number of nitrogens with zero attached hydrogens (tertiary/aromatic N) is 2. The molecule has 0 heterocycles. The minimum absolute atomic E-state index is 0.364. The Morgan fingerprint density at radius 1 is 1.21 bits per heavy atom. The van der Waals surface area contributed by atoms with Crippen LogP contribution in [0.2, 0.25) is 0 Å². The Labute approximate surface area is 119 Å². The van der Waals surface area contributed by atoms with Crippen LogP contribution in [-0.2, 0) is 4.74 Å². The van der Waals surface area contributed by atoms with Crippen molar-refractivity contribution in [2.45, 2.75) is 52.5 Å². The first kappa shape index (κ1) is 18.4. The highest BCUT2D eigenvalue weighted by molar-refractivity contribution is 5.03. The van der Waals surface area contributed by atoms with Crippen LogP contribution in [0.15, 0.2) is 0 Å². The van der Waals surface area contributed by atoms with E-state index in [1.807, 2.05) is 20.8 Å². The van der Waals surface area contributed by atoms with Crippen LogP contribution in [0.3, 0.4) is 0 Å². The number of nitrogens with one attached hydrogen (secondary N) is 1. The first-order valence-corrected chi connectivity index (χ1v) is 7.58. The predicted octanol–water partition coefficient (Wildman–Crippen LogP) is 2.41. The lowest BCUT2D eigenvalue weighted by molar-refractivity contribution is 0.114. The third-order valence-corrected chi connectivity index (χ3v) is 3.42. The first-order chi connectivity index (χ1) is 9.11. The Balaban J connectivity index is 3.78. The molecule has 1 N–H and O–H groups in total. The number of hydrogen-bond acceptors (Lipinski definition) is 4. The van der Waals surface area contributed by atoms with Gasteiger partial charge in [-0.2, -0.15) is 5.26 Å². The summed E-state index contributed by atoms with van der Waals surface area (Å²) in [6.45, 7) is 13.9.